The van der Waals surface area contributed by atoms with Gasteiger partial charge in [0.1, 0.15) is 17.4 Å². The lowest BCUT2D eigenvalue weighted by Gasteiger charge is -2.19. The molecule has 0 bridgehead atoms. The SMILES string of the molecule is N=C1C(c2nc3ccccc3c(=O)[nH]2)=C(O)CN1c1ccccc1Cl. The molecule has 6 nitrogen and oxygen atoms in total. The van der Waals surface area contributed by atoms with Crippen molar-refractivity contribution in [2.24, 2.45) is 0 Å². The van der Waals surface area contributed by atoms with E-state index < -0.39 is 0 Å². The van der Waals surface area contributed by atoms with Crippen LogP contribution in [0.5, 0.6) is 0 Å². The molecule has 0 amide bonds. The standard InChI is InChI=1S/C18H13ClN4O2/c19-11-6-2-4-8-13(11)23-9-14(24)15(16(23)20)17-21-12-7-3-1-5-10(12)18(25)22-17/h1-8,20,24H,9H2,(H,21,22,25). The van der Waals surface area contributed by atoms with E-state index in [0.717, 1.165) is 0 Å². The third kappa shape index (κ3) is 2.47. The molecule has 0 unspecified atom stereocenters. The topological polar surface area (TPSA) is 93.1 Å². The number of para-hydroxylation sites is 2. The maximum absolute atomic E-state index is 12.3. The van der Waals surface area contributed by atoms with E-state index in [2.05, 4.69) is 9.97 Å². The number of aliphatic hydroxyl groups is 1. The zero-order valence-electron chi connectivity index (χ0n) is 13.0. The van der Waals surface area contributed by atoms with E-state index in [1.807, 2.05) is 0 Å². The quantitative estimate of drug-likeness (QED) is 0.659. The molecule has 0 atom stereocenters. The molecule has 0 radical (unpaired) electrons. The summed E-state index contributed by atoms with van der Waals surface area (Å²) in [4.78, 5) is 20.9. The number of hydrogen-bond acceptors (Lipinski definition) is 4. The number of H-pyrrole nitrogens is 1. The minimum absolute atomic E-state index is 0.0315. The maximum Gasteiger partial charge on any atom is 0.259 e. The van der Waals surface area contributed by atoms with Gasteiger partial charge in [0.05, 0.1) is 33.7 Å². The smallest absolute Gasteiger partial charge is 0.259 e. The molecule has 3 N–H and O–H groups in total. The lowest BCUT2D eigenvalue weighted by atomic mass is 10.2. The first-order valence-corrected chi connectivity index (χ1v) is 7.96. The van der Waals surface area contributed by atoms with Crippen LogP contribution in [0.25, 0.3) is 16.5 Å². The lowest BCUT2D eigenvalue weighted by molar-refractivity contribution is 0.411. The molecule has 1 aliphatic rings. The van der Waals surface area contributed by atoms with E-state index in [1.165, 1.54) is 0 Å². The Balaban J connectivity index is 1.81. The van der Waals surface area contributed by atoms with Crippen molar-refractivity contribution >= 4 is 39.6 Å². The minimum Gasteiger partial charge on any atom is -0.509 e. The van der Waals surface area contributed by atoms with Gasteiger partial charge in [-0.2, -0.15) is 0 Å². The van der Waals surface area contributed by atoms with E-state index in [1.54, 1.807) is 53.4 Å². The third-order valence-electron chi connectivity index (χ3n) is 4.10. The average Bonchev–Trinajstić information content (AvgIpc) is 2.89. The van der Waals surface area contributed by atoms with Crippen molar-refractivity contribution < 1.29 is 5.11 Å². The van der Waals surface area contributed by atoms with Gasteiger partial charge in [-0.3, -0.25) is 10.2 Å². The van der Waals surface area contributed by atoms with Crippen LogP contribution in [0, 0.1) is 5.41 Å². The van der Waals surface area contributed by atoms with Crippen LogP contribution in [0.1, 0.15) is 5.82 Å². The van der Waals surface area contributed by atoms with Crippen molar-refractivity contribution in [3.05, 3.63) is 75.5 Å². The van der Waals surface area contributed by atoms with Crippen molar-refractivity contribution in [2.45, 2.75) is 0 Å². The molecule has 3 aromatic rings. The van der Waals surface area contributed by atoms with Gasteiger partial charge in [0, 0.05) is 0 Å². The molecule has 1 aliphatic heterocycles. The summed E-state index contributed by atoms with van der Waals surface area (Å²) < 4.78 is 0. The summed E-state index contributed by atoms with van der Waals surface area (Å²) in [6.07, 6.45) is 0. The number of amidine groups is 1. The van der Waals surface area contributed by atoms with Crippen molar-refractivity contribution in [1.29, 1.82) is 5.41 Å². The van der Waals surface area contributed by atoms with Crippen molar-refractivity contribution in [3.8, 4) is 0 Å². The molecule has 0 spiro atoms. The molecule has 0 fully saturated rings. The number of nitrogens with one attached hydrogen (secondary N) is 2. The zero-order valence-corrected chi connectivity index (χ0v) is 13.7. The van der Waals surface area contributed by atoms with E-state index in [4.69, 9.17) is 17.0 Å². The predicted molar refractivity (Wildman–Crippen MR) is 98.4 cm³/mol. The number of hydrogen-bond donors (Lipinski definition) is 3. The largest absolute Gasteiger partial charge is 0.509 e. The Morgan fingerprint density at radius 3 is 2.68 bits per heavy atom. The highest BCUT2D eigenvalue weighted by Gasteiger charge is 2.32. The Bertz CT molecular complexity index is 1100. The van der Waals surface area contributed by atoms with Gasteiger partial charge < -0.3 is 15.0 Å². The van der Waals surface area contributed by atoms with Gasteiger partial charge in [0.25, 0.3) is 5.56 Å². The van der Waals surface area contributed by atoms with Gasteiger partial charge in [-0.25, -0.2) is 4.98 Å². The Morgan fingerprint density at radius 1 is 1.16 bits per heavy atom. The molecule has 0 saturated carbocycles. The van der Waals surface area contributed by atoms with Crippen molar-refractivity contribution in [3.63, 3.8) is 0 Å². The third-order valence-corrected chi connectivity index (χ3v) is 4.42. The molecule has 2 aromatic carbocycles. The summed E-state index contributed by atoms with van der Waals surface area (Å²) in [6, 6.07) is 14.0. The molecule has 1 aromatic heterocycles. The molecule has 7 heteroatoms. The Morgan fingerprint density at radius 2 is 1.88 bits per heavy atom. The average molecular weight is 353 g/mol. The van der Waals surface area contributed by atoms with Crippen LogP contribution < -0.4 is 10.5 Å². The zero-order chi connectivity index (χ0) is 17.6. The van der Waals surface area contributed by atoms with Crippen molar-refractivity contribution in [1.82, 2.24) is 9.97 Å². The molecular formula is C18H13ClN4O2. The fourth-order valence-corrected chi connectivity index (χ4v) is 3.15. The molecular weight excluding hydrogens is 340 g/mol. The summed E-state index contributed by atoms with van der Waals surface area (Å²) in [7, 11) is 0. The van der Waals surface area contributed by atoms with Crippen LogP contribution >= 0.6 is 11.6 Å². The first-order chi connectivity index (χ1) is 12.1. The van der Waals surface area contributed by atoms with E-state index in [-0.39, 0.29) is 35.1 Å². The van der Waals surface area contributed by atoms with Crippen LogP contribution in [-0.4, -0.2) is 27.5 Å². The van der Waals surface area contributed by atoms with Crippen LogP contribution in [0.2, 0.25) is 5.02 Å². The second-order valence-electron chi connectivity index (χ2n) is 5.64. The minimum atomic E-state index is -0.315. The van der Waals surface area contributed by atoms with Crippen LogP contribution in [-0.2, 0) is 0 Å². The first kappa shape index (κ1) is 15.4. The summed E-state index contributed by atoms with van der Waals surface area (Å²) in [5.41, 5.74) is 0.997. The van der Waals surface area contributed by atoms with Crippen molar-refractivity contribution in [2.75, 3.05) is 11.4 Å². The Hall–Kier alpha value is -3.12. The number of rotatable bonds is 2. The molecule has 0 saturated heterocycles. The molecule has 25 heavy (non-hydrogen) atoms. The van der Waals surface area contributed by atoms with Crippen LogP contribution in [0.4, 0.5) is 5.69 Å². The fraction of sp³-hybridized carbons (Fsp3) is 0.0556. The second kappa shape index (κ2) is 5.75. The Labute approximate surface area is 147 Å². The summed E-state index contributed by atoms with van der Waals surface area (Å²) in [6.45, 7) is 0.0917. The highest BCUT2D eigenvalue weighted by molar-refractivity contribution is 6.36. The number of halogens is 1. The number of fused-ring (bicyclic) bond motifs is 1. The number of nitrogens with zero attached hydrogens (tertiary/aromatic N) is 2. The summed E-state index contributed by atoms with van der Waals surface area (Å²) in [5, 5.41) is 19.8. The van der Waals surface area contributed by atoms with Gasteiger partial charge in [0.15, 0.2) is 0 Å². The lowest BCUT2D eigenvalue weighted by Crippen LogP contribution is -2.27. The van der Waals surface area contributed by atoms with E-state index in [0.29, 0.717) is 21.6 Å². The molecule has 4 rings (SSSR count). The number of aliphatic hydroxyl groups excluding tert-OH is 1. The predicted octanol–water partition coefficient (Wildman–Crippen LogP) is 3.34. The fourth-order valence-electron chi connectivity index (χ4n) is 2.91. The number of aromatic amines is 1. The van der Waals surface area contributed by atoms with Gasteiger partial charge in [-0.05, 0) is 24.3 Å². The Kier molecular flexibility index (Phi) is 3.54. The monoisotopic (exact) mass is 352 g/mol. The van der Waals surface area contributed by atoms with Gasteiger partial charge in [0.2, 0.25) is 0 Å². The number of benzene rings is 2. The second-order valence-corrected chi connectivity index (χ2v) is 6.05. The van der Waals surface area contributed by atoms with Gasteiger partial charge >= 0.3 is 0 Å². The highest BCUT2D eigenvalue weighted by atomic mass is 35.5. The van der Waals surface area contributed by atoms with Crippen LogP contribution in [0.3, 0.4) is 0 Å². The molecule has 124 valence electrons. The maximum atomic E-state index is 12.3. The first-order valence-electron chi connectivity index (χ1n) is 7.59. The highest BCUT2D eigenvalue weighted by Crippen LogP contribution is 2.33. The summed E-state index contributed by atoms with van der Waals surface area (Å²) in [5.74, 6) is 0.160. The van der Waals surface area contributed by atoms with Crippen LogP contribution in [0.15, 0.2) is 59.1 Å². The van der Waals surface area contributed by atoms with E-state index >= 15 is 0 Å². The number of anilines is 1. The van der Waals surface area contributed by atoms with Gasteiger partial charge in [-0.15, -0.1) is 0 Å². The van der Waals surface area contributed by atoms with Gasteiger partial charge in [-0.1, -0.05) is 35.9 Å². The molecule has 0 aliphatic carbocycles. The normalized spacial score (nSPS) is 14.6. The number of aromatic nitrogens is 2. The summed E-state index contributed by atoms with van der Waals surface area (Å²) >= 11 is 6.20. The van der Waals surface area contributed by atoms with E-state index in [9.17, 15) is 9.90 Å². The molecule has 2 heterocycles.